The van der Waals surface area contributed by atoms with Crippen LogP contribution in [0.4, 0.5) is 5.69 Å². The average Bonchev–Trinajstić information content (AvgIpc) is 2.45. The summed E-state index contributed by atoms with van der Waals surface area (Å²) in [7, 11) is 0. The van der Waals surface area contributed by atoms with Gasteiger partial charge in [-0.3, -0.25) is 4.90 Å². The van der Waals surface area contributed by atoms with E-state index >= 15 is 0 Å². The molecular formula is C20H34N2. The maximum absolute atomic E-state index is 3.51. The van der Waals surface area contributed by atoms with Crippen LogP contribution in [0, 0.1) is 11.8 Å². The maximum atomic E-state index is 3.51. The van der Waals surface area contributed by atoms with Crippen molar-refractivity contribution >= 4 is 5.69 Å². The Morgan fingerprint density at radius 2 is 1.73 bits per heavy atom. The summed E-state index contributed by atoms with van der Waals surface area (Å²) >= 11 is 0. The molecule has 124 valence electrons. The van der Waals surface area contributed by atoms with E-state index in [2.05, 4.69) is 63.0 Å². The van der Waals surface area contributed by atoms with Crippen molar-refractivity contribution in [1.82, 2.24) is 4.90 Å². The summed E-state index contributed by atoms with van der Waals surface area (Å²) < 4.78 is 0. The second-order valence-corrected chi connectivity index (χ2v) is 7.82. The second-order valence-electron chi connectivity index (χ2n) is 7.82. The van der Waals surface area contributed by atoms with Gasteiger partial charge in [0, 0.05) is 31.4 Å². The monoisotopic (exact) mass is 302 g/mol. The van der Waals surface area contributed by atoms with Gasteiger partial charge in [0.15, 0.2) is 0 Å². The highest BCUT2D eigenvalue weighted by molar-refractivity contribution is 5.54. The Hall–Kier alpha value is -1.02. The van der Waals surface area contributed by atoms with Crippen molar-refractivity contribution in [3.8, 4) is 0 Å². The lowest BCUT2D eigenvalue weighted by Gasteiger charge is -2.32. The molecule has 2 rings (SSSR count). The molecule has 0 saturated carbocycles. The van der Waals surface area contributed by atoms with Gasteiger partial charge >= 0.3 is 0 Å². The Balaban J connectivity index is 2.03. The van der Waals surface area contributed by atoms with Crippen molar-refractivity contribution in [2.24, 2.45) is 11.8 Å². The highest BCUT2D eigenvalue weighted by atomic mass is 15.1. The minimum Gasteiger partial charge on any atom is -0.385 e. The first kappa shape index (κ1) is 17.3. The van der Waals surface area contributed by atoms with Gasteiger partial charge in [-0.2, -0.15) is 0 Å². The van der Waals surface area contributed by atoms with E-state index in [0.717, 1.165) is 24.8 Å². The molecule has 22 heavy (non-hydrogen) atoms. The fourth-order valence-corrected chi connectivity index (χ4v) is 3.50. The quantitative estimate of drug-likeness (QED) is 0.792. The largest absolute Gasteiger partial charge is 0.385 e. The summed E-state index contributed by atoms with van der Waals surface area (Å²) in [4.78, 5) is 2.67. The number of aryl methyl sites for hydroxylation is 1. The van der Waals surface area contributed by atoms with Gasteiger partial charge < -0.3 is 5.32 Å². The summed E-state index contributed by atoms with van der Waals surface area (Å²) in [6, 6.07) is 7.64. The van der Waals surface area contributed by atoms with Crippen LogP contribution >= 0.6 is 0 Å². The Morgan fingerprint density at radius 1 is 1.05 bits per heavy atom. The first-order chi connectivity index (χ1) is 10.5. The van der Waals surface area contributed by atoms with Gasteiger partial charge in [0.1, 0.15) is 0 Å². The summed E-state index contributed by atoms with van der Waals surface area (Å²) in [5.74, 6) is 1.46. The number of rotatable bonds is 7. The molecule has 1 unspecified atom stereocenters. The summed E-state index contributed by atoms with van der Waals surface area (Å²) in [6.45, 7) is 15.2. The molecule has 1 aliphatic rings. The molecule has 0 spiro atoms. The zero-order chi connectivity index (χ0) is 16.1. The lowest BCUT2D eigenvalue weighted by Crippen LogP contribution is -2.39. The number of fused-ring (bicyclic) bond motifs is 1. The molecule has 2 heteroatoms. The molecular weight excluding hydrogens is 268 g/mol. The lowest BCUT2D eigenvalue weighted by molar-refractivity contribution is 0.165. The van der Waals surface area contributed by atoms with Crippen molar-refractivity contribution in [3.63, 3.8) is 0 Å². The van der Waals surface area contributed by atoms with E-state index in [1.54, 1.807) is 0 Å². The highest BCUT2D eigenvalue weighted by Crippen LogP contribution is 2.24. The SMILES string of the molecule is CC(C)CN(CC(C)C)C(C)Cc1ccc2c(c1)CCCN2. The topological polar surface area (TPSA) is 15.3 Å². The molecule has 1 aliphatic heterocycles. The minimum absolute atomic E-state index is 0.611. The number of anilines is 1. The molecule has 2 nitrogen and oxygen atoms in total. The number of hydrogen-bond donors (Lipinski definition) is 1. The van der Waals surface area contributed by atoms with Gasteiger partial charge in [0.2, 0.25) is 0 Å². The normalized spacial score (nSPS) is 16.0. The van der Waals surface area contributed by atoms with Gasteiger partial charge in [0.25, 0.3) is 0 Å². The molecule has 0 saturated heterocycles. The number of hydrogen-bond acceptors (Lipinski definition) is 2. The van der Waals surface area contributed by atoms with Crippen LogP contribution in [0.25, 0.3) is 0 Å². The fraction of sp³-hybridized carbons (Fsp3) is 0.700. The molecule has 0 bridgehead atoms. The van der Waals surface area contributed by atoms with Gasteiger partial charge in [-0.05, 0) is 55.2 Å². The van der Waals surface area contributed by atoms with Crippen molar-refractivity contribution in [2.45, 2.75) is 59.9 Å². The predicted molar refractivity (Wildman–Crippen MR) is 97.7 cm³/mol. The van der Waals surface area contributed by atoms with Gasteiger partial charge in [-0.1, -0.05) is 39.8 Å². The third-order valence-electron chi connectivity index (χ3n) is 4.46. The van der Waals surface area contributed by atoms with Crippen LogP contribution in [0.2, 0.25) is 0 Å². The van der Waals surface area contributed by atoms with Gasteiger partial charge in [-0.25, -0.2) is 0 Å². The summed E-state index contributed by atoms with van der Waals surface area (Å²) in [5.41, 5.74) is 4.35. The Labute approximate surface area is 137 Å². The van der Waals surface area contributed by atoms with Crippen molar-refractivity contribution in [2.75, 3.05) is 25.0 Å². The first-order valence-corrected chi connectivity index (χ1v) is 9.05. The molecule has 1 aromatic rings. The van der Waals surface area contributed by atoms with Crippen LogP contribution in [-0.4, -0.2) is 30.6 Å². The van der Waals surface area contributed by atoms with E-state index in [9.17, 15) is 0 Å². The van der Waals surface area contributed by atoms with Gasteiger partial charge in [0.05, 0.1) is 0 Å². The molecule has 0 amide bonds. The van der Waals surface area contributed by atoms with E-state index in [-0.39, 0.29) is 0 Å². The zero-order valence-corrected chi connectivity index (χ0v) is 15.2. The lowest BCUT2D eigenvalue weighted by atomic mass is 9.97. The van der Waals surface area contributed by atoms with Crippen LogP contribution in [-0.2, 0) is 12.8 Å². The molecule has 1 aromatic carbocycles. The predicted octanol–water partition coefficient (Wildman–Crippen LogP) is 4.59. The third-order valence-corrected chi connectivity index (χ3v) is 4.46. The third kappa shape index (κ3) is 5.01. The van der Waals surface area contributed by atoms with E-state index in [1.807, 2.05) is 0 Å². The molecule has 0 radical (unpaired) electrons. The number of nitrogens with one attached hydrogen (secondary N) is 1. The minimum atomic E-state index is 0.611. The van der Waals surface area contributed by atoms with Crippen LogP contribution < -0.4 is 5.32 Å². The van der Waals surface area contributed by atoms with Crippen LogP contribution in [0.15, 0.2) is 18.2 Å². The zero-order valence-electron chi connectivity index (χ0n) is 15.2. The van der Waals surface area contributed by atoms with Crippen molar-refractivity contribution in [1.29, 1.82) is 0 Å². The standard InChI is InChI=1S/C20H34N2/c1-15(2)13-22(14-16(3)4)17(5)11-18-8-9-20-19(12-18)7-6-10-21-20/h8-9,12,15-17,21H,6-7,10-11,13-14H2,1-5H3. The average molecular weight is 303 g/mol. The van der Waals surface area contributed by atoms with E-state index in [1.165, 1.54) is 42.7 Å². The molecule has 0 aromatic heterocycles. The number of nitrogens with zero attached hydrogens (tertiary/aromatic N) is 1. The fourth-order valence-electron chi connectivity index (χ4n) is 3.50. The van der Waals surface area contributed by atoms with Crippen LogP contribution in [0.5, 0.6) is 0 Å². The Bertz CT molecular complexity index is 455. The summed E-state index contributed by atoms with van der Waals surface area (Å²) in [5, 5.41) is 3.51. The van der Waals surface area contributed by atoms with Crippen molar-refractivity contribution in [3.05, 3.63) is 29.3 Å². The molecule has 1 N–H and O–H groups in total. The second kappa shape index (κ2) is 8.01. The van der Waals surface area contributed by atoms with E-state index in [0.29, 0.717) is 6.04 Å². The highest BCUT2D eigenvalue weighted by Gasteiger charge is 2.17. The molecule has 1 heterocycles. The Kier molecular flexibility index (Phi) is 6.31. The van der Waals surface area contributed by atoms with Crippen LogP contribution in [0.1, 0.15) is 52.2 Å². The van der Waals surface area contributed by atoms with Crippen LogP contribution in [0.3, 0.4) is 0 Å². The van der Waals surface area contributed by atoms with Gasteiger partial charge in [-0.15, -0.1) is 0 Å². The molecule has 0 aliphatic carbocycles. The van der Waals surface area contributed by atoms with E-state index < -0.39 is 0 Å². The number of benzene rings is 1. The van der Waals surface area contributed by atoms with E-state index in [4.69, 9.17) is 0 Å². The van der Waals surface area contributed by atoms with Crippen molar-refractivity contribution < 1.29 is 0 Å². The molecule has 0 fully saturated rings. The smallest absolute Gasteiger partial charge is 0.0372 e. The maximum Gasteiger partial charge on any atom is 0.0372 e. The first-order valence-electron chi connectivity index (χ1n) is 9.05. The summed E-state index contributed by atoms with van der Waals surface area (Å²) in [6.07, 6.45) is 3.65. The Morgan fingerprint density at radius 3 is 2.36 bits per heavy atom. The molecule has 1 atom stereocenters.